The second-order valence-electron chi connectivity index (χ2n) is 6.55. The zero-order chi connectivity index (χ0) is 14.6. The monoisotopic (exact) mass is 274 g/mol. The molecule has 0 spiro atoms. The van der Waals surface area contributed by atoms with Crippen LogP contribution in [0.3, 0.4) is 0 Å². The topological polar surface area (TPSA) is 6.48 Å². The van der Waals surface area contributed by atoms with Crippen molar-refractivity contribution >= 4 is 8.22 Å². The molecule has 0 aliphatic carbocycles. The Kier molecular flexibility index (Phi) is 7.97. The van der Waals surface area contributed by atoms with Crippen molar-refractivity contribution in [1.82, 2.24) is 9.34 Å². The molecule has 2 nitrogen and oxygen atoms in total. The SMILES string of the molecule is CC(C)N(C(C)C)P(C(C)C)N(C(C)C)C(C)C. The van der Waals surface area contributed by atoms with E-state index in [1.165, 1.54) is 0 Å². The van der Waals surface area contributed by atoms with Crippen LogP contribution in [0.15, 0.2) is 0 Å². The van der Waals surface area contributed by atoms with Crippen LogP contribution in [0.5, 0.6) is 0 Å². The third kappa shape index (κ3) is 4.79. The maximum atomic E-state index is 2.72. The Morgan fingerprint density at radius 3 is 0.833 bits per heavy atom. The first-order valence-corrected chi connectivity index (χ1v) is 8.78. The van der Waals surface area contributed by atoms with Gasteiger partial charge in [-0.15, -0.1) is 0 Å². The highest BCUT2D eigenvalue weighted by atomic mass is 31.1. The van der Waals surface area contributed by atoms with Crippen molar-refractivity contribution < 1.29 is 0 Å². The Morgan fingerprint density at radius 2 is 0.722 bits per heavy atom. The summed E-state index contributed by atoms with van der Waals surface area (Å²) < 4.78 is 5.44. The summed E-state index contributed by atoms with van der Waals surface area (Å²) in [6.07, 6.45) is 0. The maximum absolute atomic E-state index is 2.72. The minimum atomic E-state index is -0.238. The number of hydrogen-bond donors (Lipinski definition) is 0. The molecule has 0 amide bonds. The molecule has 0 aromatic rings. The minimum Gasteiger partial charge on any atom is -0.265 e. The van der Waals surface area contributed by atoms with Gasteiger partial charge in [0.2, 0.25) is 0 Å². The van der Waals surface area contributed by atoms with E-state index >= 15 is 0 Å². The lowest BCUT2D eigenvalue weighted by Gasteiger charge is -2.49. The van der Waals surface area contributed by atoms with E-state index in [1.54, 1.807) is 0 Å². The average Bonchev–Trinajstić information content (AvgIpc) is 2.13. The molecule has 0 N–H and O–H groups in total. The summed E-state index contributed by atoms with van der Waals surface area (Å²) in [6.45, 7) is 23.4. The molecular formula is C15H35N2P. The zero-order valence-electron chi connectivity index (χ0n) is 14.2. The van der Waals surface area contributed by atoms with Gasteiger partial charge in [-0.1, -0.05) is 13.8 Å². The summed E-state index contributed by atoms with van der Waals surface area (Å²) in [6, 6.07) is 2.44. The van der Waals surface area contributed by atoms with Gasteiger partial charge < -0.3 is 0 Å². The molecule has 0 saturated heterocycles. The van der Waals surface area contributed by atoms with Crippen molar-refractivity contribution in [3.63, 3.8) is 0 Å². The fourth-order valence-corrected chi connectivity index (χ4v) is 5.99. The van der Waals surface area contributed by atoms with E-state index < -0.39 is 0 Å². The van der Waals surface area contributed by atoms with Crippen LogP contribution in [-0.4, -0.2) is 39.2 Å². The third-order valence-electron chi connectivity index (χ3n) is 3.05. The summed E-state index contributed by atoms with van der Waals surface area (Å²) in [5.74, 6) is 0. The Bertz CT molecular complexity index is 189. The van der Waals surface area contributed by atoms with Gasteiger partial charge in [-0.3, -0.25) is 9.34 Å². The molecule has 0 aliphatic rings. The molecule has 110 valence electrons. The Morgan fingerprint density at radius 1 is 0.500 bits per heavy atom. The summed E-state index contributed by atoms with van der Waals surface area (Å²) in [4.78, 5) is 0. The van der Waals surface area contributed by atoms with Crippen molar-refractivity contribution in [2.75, 3.05) is 0 Å². The molecule has 3 heteroatoms. The standard InChI is InChI=1S/C15H35N2P/c1-11(2)16(12(3)4)18(15(9)10)17(13(5)6)14(7)8/h11-15H,1-10H3. The van der Waals surface area contributed by atoms with E-state index in [9.17, 15) is 0 Å². The molecule has 0 heterocycles. The Labute approximate surface area is 117 Å². The van der Waals surface area contributed by atoms with Gasteiger partial charge in [-0.2, -0.15) is 0 Å². The van der Waals surface area contributed by atoms with Crippen LogP contribution in [-0.2, 0) is 0 Å². The van der Waals surface area contributed by atoms with Crippen LogP contribution in [0.1, 0.15) is 69.2 Å². The van der Waals surface area contributed by atoms with E-state index in [0.29, 0.717) is 29.8 Å². The lowest BCUT2D eigenvalue weighted by Crippen LogP contribution is -2.44. The maximum Gasteiger partial charge on any atom is 0.0431 e. The van der Waals surface area contributed by atoms with Crippen molar-refractivity contribution in [1.29, 1.82) is 0 Å². The Hall–Kier alpha value is 0.350. The summed E-state index contributed by atoms with van der Waals surface area (Å²) in [7, 11) is -0.238. The molecule has 0 rings (SSSR count). The normalized spacial score (nSPS) is 13.7. The smallest absolute Gasteiger partial charge is 0.0431 e. The van der Waals surface area contributed by atoms with Gasteiger partial charge in [0.05, 0.1) is 0 Å². The van der Waals surface area contributed by atoms with E-state index in [0.717, 1.165) is 0 Å². The van der Waals surface area contributed by atoms with Crippen molar-refractivity contribution in [2.24, 2.45) is 0 Å². The molecule has 0 radical (unpaired) electrons. The lowest BCUT2D eigenvalue weighted by atomic mass is 10.3. The first kappa shape index (κ1) is 18.4. The van der Waals surface area contributed by atoms with E-state index in [2.05, 4.69) is 78.6 Å². The molecule has 0 unspecified atom stereocenters. The van der Waals surface area contributed by atoms with Crippen LogP contribution < -0.4 is 0 Å². The first-order valence-electron chi connectivity index (χ1n) is 7.46. The fraction of sp³-hybridized carbons (Fsp3) is 1.00. The van der Waals surface area contributed by atoms with Gasteiger partial charge in [0, 0.05) is 38.0 Å². The molecule has 0 bridgehead atoms. The fourth-order valence-electron chi connectivity index (χ4n) is 2.79. The number of nitrogens with zero attached hydrogens (tertiary/aromatic N) is 2. The van der Waals surface area contributed by atoms with Crippen LogP contribution in [0.25, 0.3) is 0 Å². The van der Waals surface area contributed by atoms with Gasteiger partial charge in [0.15, 0.2) is 0 Å². The van der Waals surface area contributed by atoms with Crippen molar-refractivity contribution in [3.05, 3.63) is 0 Å². The van der Waals surface area contributed by atoms with Gasteiger partial charge in [0.25, 0.3) is 0 Å². The minimum absolute atomic E-state index is 0.238. The average molecular weight is 274 g/mol. The van der Waals surface area contributed by atoms with Crippen LogP contribution in [0, 0.1) is 0 Å². The van der Waals surface area contributed by atoms with Gasteiger partial charge in [-0.25, -0.2) is 0 Å². The zero-order valence-corrected chi connectivity index (χ0v) is 15.1. The second kappa shape index (κ2) is 7.82. The van der Waals surface area contributed by atoms with E-state index in [1.807, 2.05) is 0 Å². The molecule has 0 atom stereocenters. The van der Waals surface area contributed by atoms with E-state index in [4.69, 9.17) is 0 Å². The predicted molar refractivity (Wildman–Crippen MR) is 86.3 cm³/mol. The lowest BCUT2D eigenvalue weighted by molar-refractivity contribution is 0.253. The molecule has 0 aromatic heterocycles. The van der Waals surface area contributed by atoms with Gasteiger partial charge >= 0.3 is 0 Å². The summed E-state index contributed by atoms with van der Waals surface area (Å²) in [5.41, 5.74) is 0.703. The molecule has 0 aliphatic heterocycles. The highest BCUT2D eigenvalue weighted by Gasteiger charge is 2.34. The van der Waals surface area contributed by atoms with Crippen LogP contribution in [0.2, 0.25) is 0 Å². The number of rotatable bonds is 7. The second-order valence-corrected chi connectivity index (χ2v) is 9.15. The number of hydrogen-bond acceptors (Lipinski definition) is 2. The molecule has 0 saturated carbocycles. The quantitative estimate of drug-likeness (QED) is 0.606. The molecule has 0 aromatic carbocycles. The largest absolute Gasteiger partial charge is 0.265 e. The molecular weight excluding hydrogens is 239 g/mol. The highest BCUT2D eigenvalue weighted by molar-refractivity contribution is 7.53. The molecule has 0 fully saturated rings. The first-order chi connectivity index (χ1) is 8.11. The van der Waals surface area contributed by atoms with E-state index in [-0.39, 0.29) is 8.22 Å². The van der Waals surface area contributed by atoms with Gasteiger partial charge in [-0.05, 0) is 55.4 Å². The molecule has 18 heavy (non-hydrogen) atoms. The highest BCUT2D eigenvalue weighted by Crippen LogP contribution is 2.53. The summed E-state index contributed by atoms with van der Waals surface area (Å²) in [5, 5.41) is 0. The summed E-state index contributed by atoms with van der Waals surface area (Å²) >= 11 is 0. The van der Waals surface area contributed by atoms with Crippen molar-refractivity contribution in [2.45, 2.75) is 99.1 Å². The van der Waals surface area contributed by atoms with Crippen LogP contribution >= 0.6 is 8.22 Å². The Balaban J connectivity index is 5.37. The van der Waals surface area contributed by atoms with Gasteiger partial charge in [0.1, 0.15) is 0 Å². The predicted octanol–water partition coefficient (Wildman–Crippen LogP) is 4.94. The third-order valence-corrected chi connectivity index (χ3v) is 6.77. The van der Waals surface area contributed by atoms with Crippen LogP contribution in [0.4, 0.5) is 0 Å². The van der Waals surface area contributed by atoms with Crippen molar-refractivity contribution in [3.8, 4) is 0 Å².